The smallest absolute Gasteiger partial charge is 0.239 e. The highest BCUT2D eigenvalue weighted by Gasteiger charge is 2.30. The summed E-state index contributed by atoms with van der Waals surface area (Å²) in [6.45, 7) is 7.03. The number of nitrogens with zero attached hydrogens (tertiary/aromatic N) is 2. The third-order valence-corrected chi connectivity index (χ3v) is 5.55. The lowest BCUT2D eigenvalue weighted by atomic mass is 9.96. The van der Waals surface area contributed by atoms with Gasteiger partial charge in [0.1, 0.15) is 0 Å². The Balaban J connectivity index is 1.77. The van der Waals surface area contributed by atoms with Gasteiger partial charge >= 0.3 is 0 Å². The van der Waals surface area contributed by atoms with E-state index >= 15 is 0 Å². The lowest BCUT2D eigenvalue weighted by molar-refractivity contribution is -0.135. The lowest BCUT2D eigenvalue weighted by Gasteiger charge is -2.40. The molecule has 0 saturated carbocycles. The van der Waals surface area contributed by atoms with Crippen molar-refractivity contribution >= 4 is 17.5 Å². The molecule has 144 valence electrons. The van der Waals surface area contributed by atoms with Crippen LogP contribution >= 0.6 is 11.6 Å². The Morgan fingerprint density at radius 1 is 0.926 bits per heavy atom. The normalized spacial score (nSPS) is 17.7. The number of halogens is 1. The summed E-state index contributed by atoms with van der Waals surface area (Å²) in [5.41, 5.74) is 8.53. The van der Waals surface area contributed by atoms with E-state index in [9.17, 15) is 4.79 Å². The largest absolute Gasteiger partial charge is 0.339 e. The molecule has 2 N–H and O–H groups in total. The van der Waals surface area contributed by atoms with Crippen LogP contribution in [0.3, 0.4) is 0 Å². The van der Waals surface area contributed by atoms with E-state index in [0.717, 1.165) is 18.1 Å². The molecular weight excluding hydrogens is 358 g/mol. The molecule has 0 aromatic heterocycles. The van der Waals surface area contributed by atoms with E-state index in [2.05, 4.69) is 41.3 Å². The lowest BCUT2D eigenvalue weighted by Crippen LogP contribution is -2.54. The maximum absolute atomic E-state index is 12.6. The molecule has 1 aliphatic rings. The molecule has 1 unspecified atom stereocenters. The van der Waals surface area contributed by atoms with Gasteiger partial charge in [-0.3, -0.25) is 9.69 Å². The van der Waals surface area contributed by atoms with Crippen molar-refractivity contribution in [2.45, 2.75) is 25.9 Å². The number of piperazine rings is 1. The molecular formula is C22H28ClN3O. The first-order valence-electron chi connectivity index (χ1n) is 9.56. The second-order valence-electron chi connectivity index (χ2n) is 7.50. The minimum atomic E-state index is -0.419. The Kier molecular flexibility index (Phi) is 6.53. The van der Waals surface area contributed by atoms with Gasteiger partial charge in [0.2, 0.25) is 5.91 Å². The van der Waals surface area contributed by atoms with Crippen LogP contribution in [0.2, 0.25) is 5.02 Å². The van der Waals surface area contributed by atoms with Crippen LogP contribution in [0, 0.1) is 5.92 Å². The SMILES string of the molecule is CC(C)[C@H](N)C(=O)N1CCN(C(c2ccccc2)c2ccc(Cl)cc2)CC1. The minimum Gasteiger partial charge on any atom is -0.339 e. The number of carbonyl (C=O) groups is 1. The van der Waals surface area contributed by atoms with Gasteiger partial charge in [-0.2, -0.15) is 0 Å². The van der Waals surface area contributed by atoms with Gasteiger partial charge in [-0.1, -0.05) is 67.9 Å². The molecule has 1 saturated heterocycles. The average molecular weight is 386 g/mol. The highest BCUT2D eigenvalue weighted by Crippen LogP contribution is 2.30. The monoisotopic (exact) mass is 385 g/mol. The van der Waals surface area contributed by atoms with Crippen LogP contribution in [0.25, 0.3) is 0 Å². The molecule has 0 radical (unpaired) electrons. The number of hydrogen-bond donors (Lipinski definition) is 1. The van der Waals surface area contributed by atoms with E-state index in [1.54, 1.807) is 0 Å². The van der Waals surface area contributed by atoms with Crippen LogP contribution < -0.4 is 5.73 Å². The zero-order chi connectivity index (χ0) is 19.4. The van der Waals surface area contributed by atoms with Gasteiger partial charge < -0.3 is 10.6 Å². The first-order valence-corrected chi connectivity index (χ1v) is 9.94. The molecule has 1 fully saturated rings. The summed E-state index contributed by atoms with van der Waals surface area (Å²) in [6, 6.07) is 18.3. The quantitative estimate of drug-likeness (QED) is 0.856. The van der Waals surface area contributed by atoms with Gasteiger partial charge in [-0.05, 0) is 29.2 Å². The second kappa shape index (κ2) is 8.87. The zero-order valence-electron chi connectivity index (χ0n) is 16.0. The molecule has 27 heavy (non-hydrogen) atoms. The molecule has 3 rings (SSSR count). The maximum Gasteiger partial charge on any atom is 0.239 e. The van der Waals surface area contributed by atoms with Crippen molar-refractivity contribution in [2.75, 3.05) is 26.2 Å². The fraction of sp³-hybridized carbons (Fsp3) is 0.409. The molecule has 0 spiro atoms. The van der Waals surface area contributed by atoms with Crippen LogP contribution in [0.15, 0.2) is 54.6 Å². The van der Waals surface area contributed by atoms with Crippen molar-refractivity contribution in [2.24, 2.45) is 11.7 Å². The van der Waals surface area contributed by atoms with E-state index < -0.39 is 6.04 Å². The van der Waals surface area contributed by atoms with Gasteiger partial charge in [0.15, 0.2) is 0 Å². The number of rotatable bonds is 5. The van der Waals surface area contributed by atoms with Gasteiger partial charge in [-0.15, -0.1) is 0 Å². The first kappa shape index (κ1) is 19.9. The summed E-state index contributed by atoms with van der Waals surface area (Å²) < 4.78 is 0. The molecule has 2 aromatic carbocycles. The Bertz CT molecular complexity index is 740. The van der Waals surface area contributed by atoms with Crippen LogP contribution in [0.4, 0.5) is 0 Å². The van der Waals surface area contributed by atoms with E-state index in [0.29, 0.717) is 13.1 Å². The molecule has 1 aliphatic heterocycles. The molecule has 0 aliphatic carbocycles. The summed E-state index contributed by atoms with van der Waals surface area (Å²) in [7, 11) is 0. The number of nitrogens with two attached hydrogens (primary N) is 1. The third-order valence-electron chi connectivity index (χ3n) is 5.30. The molecule has 0 bridgehead atoms. The number of hydrogen-bond acceptors (Lipinski definition) is 3. The first-order chi connectivity index (χ1) is 13.0. The van der Waals surface area contributed by atoms with Gasteiger partial charge in [0.25, 0.3) is 0 Å². The van der Waals surface area contributed by atoms with Crippen LogP contribution in [0.1, 0.15) is 31.0 Å². The molecule has 1 heterocycles. The summed E-state index contributed by atoms with van der Waals surface area (Å²) in [6.07, 6.45) is 0. The Labute approximate surface area is 166 Å². The molecule has 5 heteroatoms. The zero-order valence-corrected chi connectivity index (χ0v) is 16.8. The van der Waals surface area contributed by atoms with Crippen molar-refractivity contribution in [3.63, 3.8) is 0 Å². The van der Waals surface area contributed by atoms with Crippen LogP contribution in [-0.2, 0) is 4.79 Å². The third kappa shape index (κ3) is 4.70. The predicted octanol–water partition coefficient (Wildman–Crippen LogP) is 3.56. The van der Waals surface area contributed by atoms with E-state index in [1.807, 2.05) is 36.9 Å². The minimum absolute atomic E-state index is 0.0624. The predicted molar refractivity (Wildman–Crippen MR) is 111 cm³/mol. The molecule has 1 amide bonds. The summed E-state index contributed by atoms with van der Waals surface area (Å²) in [4.78, 5) is 16.9. The van der Waals surface area contributed by atoms with Crippen LogP contribution in [-0.4, -0.2) is 47.9 Å². The van der Waals surface area contributed by atoms with Gasteiger partial charge in [0, 0.05) is 31.2 Å². The van der Waals surface area contributed by atoms with Gasteiger partial charge in [-0.25, -0.2) is 0 Å². The molecule has 2 aromatic rings. The maximum atomic E-state index is 12.6. The van der Waals surface area contributed by atoms with Crippen molar-refractivity contribution < 1.29 is 4.79 Å². The fourth-order valence-electron chi connectivity index (χ4n) is 3.59. The number of amides is 1. The van der Waals surface area contributed by atoms with Crippen molar-refractivity contribution in [1.29, 1.82) is 0 Å². The van der Waals surface area contributed by atoms with Crippen molar-refractivity contribution in [1.82, 2.24) is 9.80 Å². The Morgan fingerprint density at radius 3 is 2.04 bits per heavy atom. The average Bonchev–Trinajstić information content (AvgIpc) is 2.70. The van der Waals surface area contributed by atoms with Gasteiger partial charge in [0.05, 0.1) is 12.1 Å². The van der Waals surface area contributed by atoms with Crippen molar-refractivity contribution in [3.05, 3.63) is 70.7 Å². The highest BCUT2D eigenvalue weighted by atomic mass is 35.5. The highest BCUT2D eigenvalue weighted by molar-refractivity contribution is 6.30. The Morgan fingerprint density at radius 2 is 1.48 bits per heavy atom. The summed E-state index contributed by atoms with van der Waals surface area (Å²) in [5, 5.41) is 0.739. The van der Waals surface area contributed by atoms with E-state index in [4.69, 9.17) is 17.3 Å². The number of carbonyl (C=O) groups excluding carboxylic acids is 1. The Hall–Kier alpha value is -1.88. The number of benzene rings is 2. The van der Waals surface area contributed by atoms with E-state index in [1.165, 1.54) is 11.1 Å². The topological polar surface area (TPSA) is 49.6 Å². The summed E-state index contributed by atoms with van der Waals surface area (Å²) in [5.74, 6) is 0.217. The fourth-order valence-corrected chi connectivity index (χ4v) is 3.72. The van der Waals surface area contributed by atoms with Crippen LogP contribution in [0.5, 0.6) is 0 Å². The summed E-state index contributed by atoms with van der Waals surface area (Å²) >= 11 is 6.09. The second-order valence-corrected chi connectivity index (χ2v) is 7.93. The van der Waals surface area contributed by atoms with Crippen molar-refractivity contribution in [3.8, 4) is 0 Å². The molecule has 4 nitrogen and oxygen atoms in total. The standard InChI is InChI=1S/C22H28ClN3O/c1-16(2)20(24)22(27)26-14-12-25(13-15-26)21(17-6-4-3-5-7-17)18-8-10-19(23)11-9-18/h3-11,16,20-21H,12-15,24H2,1-2H3/t20-,21?/m0/s1. The van der Waals surface area contributed by atoms with E-state index in [-0.39, 0.29) is 17.9 Å². The molecule has 2 atom stereocenters.